The summed E-state index contributed by atoms with van der Waals surface area (Å²) in [6.07, 6.45) is 5.48. The molecule has 1 aliphatic carbocycles. The van der Waals surface area contributed by atoms with Gasteiger partial charge in [-0.2, -0.15) is 0 Å². The number of rotatable bonds is 9. The molecule has 2 aliphatic rings. The van der Waals surface area contributed by atoms with E-state index >= 15 is 0 Å². The molecule has 0 aromatic heterocycles. The number of hydrogen-bond acceptors (Lipinski definition) is 5. The van der Waals surface area contributed by atoms with Gasteiger partial charge in [0.2, 0.25) is 5.91 Å². The monoisotopic (exact) mass is 438 g/mol. The second kappa shape index (κ2) is 9.47. The van der Waals surface area contributed by atoms with Gasteiger partial charge >= 0.3 is 0 Å². The molecule has 2 fully saturated rings. The Morgan fingerprint density at radius 3 is 2.53 bits per heavy atom. The Morgan fingerprint density at radius 2 is 1.93 bits per heavy atom. The maximum atomic E-state index is 12.8. The van der Waals surface area contributed by atoms with Crippen LogP contribution in [0.1, 0.15) is 39.0 Å². The fraction of sp³-hybridized carbons (Fsp3) is 0.591. The van der Waals surface area contributed by atoms with Gasteiger partial charge in [0.05, 0.1) is 22.4 Å². The quantitative estimate of drug-likeness (QED) is 0.640. The second-order valence-electron chi connectivity index (χ2n) is 8.61. The van der Waals surface area contributed by atoms with Gasteiger partial charge in [-0.15, -0.1) is 0 Å². The van der Waals surface area contributed by atoms with Crippen LogP contribution in [0.25, 0.3) is 0 Å². The zero-order valence-corrected chi connectivity index (χ0v) is 18.3. The molecule has 0 bridgehead atoms. The van der Waals surface area contributed by atoms with Crippen molar-refractivity contribution in [1.29, 1.82) is 0 Å². The molecule has 1 amide bonds. The largest absolute Gasteiger partial charge is 0.489 e. The minimum absolute atomic E-state index is 0.0154. The van der Waals surface area contributed by atoms with E-state index in [9.17, 15) is 17.6 Å². The minimum Gasteiger partial charge on any atom is -0.489 e. The van der Waals surface area contributed by atoms with E-state index in [4.69, 9.17) is 10.5 Å². The molecule has 1 heterocycles. The first-order valence-corrected chi connectivity index (χ1v) is 12.2. The lowest BCUT2D eigenvalue weighted by molar-refractivity contribution is -0.136. The van der Waals surface area contributed by atoms with Crippen LogP contribution in [0, 0.1) is 11.3 Å². The highest BCUT2D eigenvalue weighted by atomic mass is 32.2. The predicted octanol–water partition coefficient (Wildman–Crippen LogP) is 3.08. The standard InChI is InChI=1S/C22H31FN2O4S/c1-17(14-25-11-10-22(21(25)26)8-2-3-9-22)16-30(27,28)20-6-4-19(5-7-20)29-15-18(12-23)13-24/h4-7,12,17H,2-3,8-11,13-16,24H2,1H3/b18-12+/t17-/m0/s1. The molecule has 30 heavy (non-hydrogen) atoms. The zero-order valence-electron chi connectivity index (χ0n) is 17.5. The van der Waals surface area contributed by atoms with E-state index in [1.807, 2.05) is 11.8 Å². The summed E-state index contributed by atoms with van der Waals surface area (Å²) >= 11 is 0. The fourth-order valence-corrected chi connectivity index (χ4v) is 6.13. The Labute approximate surface area is 178 Å². The van der Waals surface area contributed by atoms with E-state index in [1.54, 1.807) is 12.1 Å². The topological polar surface area (TPSA) is 89.7 Å². The van der Waals surface area contributed by atoms with Gasteiger partial charge in [0.1, 0.15) is 12.4 Å². The number of nitrogens with zero attached hydrogens (tertiary/aromatic N) is 1. The van der Waals surface area contributed by atoms with E-state index in [-0.39, 0.29) is 41.0 Å². The lowest BCUT2D eigenvalue weighted by atomic mass is 9.85. The summed E-state index contributed by atoms with van der Waals surface area (Å²) in [5, 5.41) is 0. The zero-order chi connectivity index (χ0) is 21.8. The van der Waals surface area contributed by atoms with Crippen molar-refractivity contribution >= 4 is 15.7 Å². The summed E-state index contributed by atoms with van der Waals surface area (Å²) in [5.41, 5.74) is 5.53. The van der Waals surface area contributed by atoms with Crippen molar-refractivity contribution in [1.82, 2.24) is 4.90 Å². The van der Waals surface area contributed by atoms with Crippen LogP contribution in [0.2, 0.25) is 0 Å². The summed E-state index contributed by atoms with van der Waals surface area (Å²) in [6, 6.07) is 6.09. The number of sulfone groups is 1. The molecule has 1 saturated carbocycles. The molecule has 166 valence electrons. The lowest BCUT2D eigenvalue weighted by Crippen LogP contribution is -2.37. The first-order chi connectivity index (χ1) is 14.3. The smallest absolute Gasteiger partial charge is 0.228 e. The number of likely N-dealkylation sites (tertiary alicyclic amines) is 1. The van der Waals surface area contributed by atoms with Crippen LogP contribution in [0.4, 0.5) is 4.39 Å². The summed E-state index contributed by atoms with van der Waals surface area (Å²) in [7, 11) is -3.49. The molecule has 1 saturated heterocycles. The maximum Gasteiger partial charge on any atom is 0.228 e. The Balaban J connectivity index is 1.56. The van der Waals surface area contributed by atoms with Gasteiger partial charge in [0.25, 0.3) is 0 Å². The van der Waals surface area contributed by atoms with Crippen molar-refractivity contribution in [2.24, 2.45) is 17.1 Å². The van der Waals surface area contributed by atoms with Crippen molar-refractivity contribution in [3.8, 4) is 5.75 Å². The number of amides is 1. The van der Waals surface area contributed by atoms with Crippen molar-refractivity contribution in [3.63, 3.8) is 0 Å². The van der Waals surface area contributed by atoms with Crippen LogP contribution in [0.15, 0.2) is 41.1 Å². The van der Waals surface area contributed by atoms with E-state index in [0.717, 1.165) is 38.6 Å². The van der Waals surface area contributed by atoms with Gasteiger partial charge in [0, 0.05) is 25.2 Å². The molecule has 6 nitrogen and oxygen atoms in total. The van der Waals surface area contributed by atoms with Crippen LogP contribution in [-0.4, -0.2) is 51.2 Å². The van der Waals surface area contributed by atoms with Gasteiger partial charge < -0.3 is 15.4 Å². The Morgan fingerprint density at radius 1 is 1.27 bits per heavy atom. The van der Waals surface area contributed by atoms with E-state index < -0.39 is 9.84 Å². The number of nitrogens with two attached hydrogens (primary N) is 1. The molecule has 8 heteroatoms. The van der Waals surface area contributed by atoms with E-state index in [0.29, 0.717) is 24.2 Å². The summed E-state index contributed by atoms with van der Waals surface area (Å²) < 4.78 is 43.5. The molecular weight excluding hydrogens is 407 g/mol. The van der Waals surface area contributed by atoms with Crippen molar-refractivity contribution in [3.05, 3.63) is 36.2 Å². The highest BCUT2D eigenvalue weighted by Crippen LogP contribution is 2.46. The van der Waals surface area contributed by atoms with Crippen molar-refractivity contribution in [2.45, 2.75) is 43.9 Å². The lowest BCUT2D eigenvalue weighted by Gasteiger charge is -2.24. The molecule has 3 rings (SSSR count). The molecular formula is C22H31FN2O4S. The Kier molecular flexibility index (Phi) is 7.18. The van der Waals surface area contributed by atoms with Crippen LogP contribution < -0.4 is 10.5 Å². The van der Waals surface area contributed by atoms with Gasteiger partial charge in [0.15, 0.2) is 9.84 Å². The molecule has 1 spiro atoms. The molecule has 1 atom stereocenters. The third-order valence-corrected chi connectivity index (χ3v) is 8.22. The van der Waals surface area contributed by atoms with Gasteiger partial charge in [-0.25, -0.2) is 12.8 Å². The Hall–Kier alpha value is -1.93. The van der Waals surface area contributed by atoms with Crippen LogP contribution >= 0.6 is 0 Å². The average molecular weight is 439 g/mol. The Bertz CT molecular complexity index is 877. The normalized spacial score (nSPS) is 20.2. The molecule has 1 aliphatic heterocycles. The molecule has 1 aromatic rings. The van der Waals surface area contributed by atoms with E-state index in [1.165, 1.54) is 12.1 Å². The van der Waals surface area contributed by atoms with Crippen molar-refractivity contribution < 1.29 is 22.3 Å². The second-order valence-corrected chi connectivity index (χ2v) is 10.6. The first-order valence-electron chi connectivity index (χ1n) is 10.5. The van der Waals surface area contributed by atoms with E-state index in [2.05, 4.69) is 0 Å². The number of halogens is 1. The predicted molar refractivity (Wildman–Crippen MR) is 113 cm³/mol. The number of carbonyl (C=O) groups excluding carboxylic acids is 1. The first kappa shape index (κ1) is 22.7. The van der Waals surface area contributed by atoms with Crippen LogP contribution in [0.5, 0.6) is 5.75 Å². The van der Waals surface area contributed by atoms with Crippen LogP contribution in [-0.2, 0) is 14.6 Å². The van der Waals surface area contributed by atoms with Gasteiger partial charge in [-0.3, -0.25) is 4.79 Å². The number of ether oxygens (including phenoxy) is 1. The molecule has 0 radical (unpaired) electrons. The minimum atomic E-state index is -3.49. The number of benzene rings is 1. The fourth-order valence-electron chi connectivity index (χ4n) is 4.54. The number of carbonyl (C=O) groups is 1. The van der Waals surface area contributed by atoms with Gasteiger partial charge in [-0.05, 0) is 49.4 Å². The van der Waals surface area contributed by atoms with Crippen LogP contribution in [0.3, 0.4) is 0 Å². The number of hydrogen-bond donors (Lipinski definition) is 1. The summed E-state index contributed by atoms with van der Waals surface area (Å²) in [6.45, 7) is 3.15. The summed E-state index contributed by atoms with van der Waals surface area (Å²) in [5.74, 6) is 0.476. The molecule has 1 aromatic carbocycles. The third-order valence-electron chi connectivity index (χ3n) is 6.22. The molecule has 0 unspecified atom stereocenters. The SMILES string of the molecule is C[C@@H](CN1CCC2(CCCC2)C1=O)CS(=O)(=O)c1ccc(OC/C(=C/F)CN)cc1. The highest BCUT2D eigenvalue weighted by molar-refractivity contribution is 7.91. The maximum absolute atomic E-state index is 12.8. The molecule has 2 N–H and O–H groups in total. The van der Waals surface area contributed by atoms with Crippen molar-refractivity contribution in [2.75, 3.05) is 32.0 Å². The average Bonchev–Trinajstić information content (AvgIpc) is 3.32. The summed E-state index contributed by atoms with van der Waals surface area (Å²) in [4.78, 5) is 14.9. The third kappa shape index (κ3) is 5.03. The highest BCUT2D eigenvalue weighted by Gasteiger charge is 2.48. The van der Waals surface area contributed by atoms with Gasteiger partial charge in [-0.1, -0.05) is 19.8 Å².